The minimum absolute atomic E-state index is 0.107. The summed E-state index contributed by atoms with van der Waals surface area (Å²) in [5, 5.41) is 12.0. The van der Waals surface area contributed by atoms with E-state index in [9.17, 15) is 9.59 Å². The van der Waals surface area contributed by atoms with E-state index in [2.05, 4.69) is 12.2 Å². The van der Waals surface area contributed by atoms with Gasteiger partial charge in [0.15, 0.2) is 0 Å². The van der Waals surface area contributed by atoms with Gasteiger partial charge >= 0.3 is 5.97 Å². The standard InChI is InChI=1S/C13H24N2O4/c1-3-4-5-6-14-12(16)10(2)15-7-8-19-9-11(15)13(17)18/h10-11H,3-9H2,1-2H3,(H,14,16)(H,17,18). The highest BCUT2D eigenvalue weighted by molar-refractivity contribution is 5.82. The quantitative estimate of drug-likeness (QED) is 0.659. The number of unbranched alkanes of at least 4 members (excludes halogenated alkanes) is 2. The number of carboxylic acid groups (broad SMARTS) is 1. The molecule has 2 unspecified atom stereocenters. The zero-order chi connectivity index (χ0) is 14.3. The van der Waals surface area contributed by atoms with E-state index in [0.29, 0.717) is 19.7 Å². The Labute approximate surface area is 114 Å². The van der Waals surface area contributed by atoms with Crippen molar-refractivity contribution in [1.82, 2.24) is 10.2 Å². The second kappa shape index (κ2) is 8.12. The van der Waals surface area contributed by atoms with Crippen molar-refractivity contribution in [3.05, 3.63) is 0 Å². The van der Waals surface area contributed by atoms with Gasteiger partial charge in [0.2, 0.25) is 5.91 Å². The van der Waals surface area contributed by atoms with E-state index in [4.69, 9.17) is 9.84 Å². The molecule has 0 saturated carbocycles. The average Bonchev–Trinajstić information content (AvgIpc) is 2.42. The Hall–Kier alpha value is -1.14. The summed E-state index contributed by atoms with van der Waals surface area (Å²) < 4.78 is 5.16. The Morgan fingerprint density at radius 2 is 2.21 bits per heavy atom. The van der Waals surface area contributed by atoms with Crippen LogP contribution in [0, 0.1) is 0 Å². The molecule has 1 aliphatic rings. The molecule has 0 spiro atoms. The van der Waals surface area contributed by atoms with Gasteiger partial charge in [-0.15, -0.1) is 0 Å². The number of amides is 1. The molecule has 1 aliphatic heterocycles. The van der Waals surface area contributed by atoms with E-state index in [-0.39, 0.29) is 12.5 Å². The van der Waals surface area contributed by atoms with E-state index in [1.54, 1.807) is 11.8 Å². The summed E-state index contributed by atoms with van der Waals surface area (Å²) in [6.07, 6.45) is 3.15. The highest BCUT2D eigenvalue weighted by Gasteiger charge is 2.34. The third kappa shape index (κ3) is 4.80. The molecule has 0 aromatic rings. The lowest BCUT2D eigenvalue weighted by Crippen LogP contribution is -2.57. The number of aliphatic carboxylic acids is 1. The number of hydrogen-bond donors (Lipinski definition) is 2. The van der Waals surface area contributed by atoms with Crippen LogP contribution in [0.3, 0.4) is 0 Å². The van der Waals surface area contributed by atoms with Crippen LogP contribution in [-0.4, -0.2) is 60.3 Å². The van der Waals surface area contributed by atoms with Crippen molar-refractivity contribution in [1.29, 1.82) is 0 Å². The first kappa shape index (κ1) is 15.9. The number of carbonyl (C=O) groups excluding carboxylic acids is 1. The van der Waals surface area contributed by atoms with Gasteiger partial charge in [-0.3, -0.25) is 14.5 Å². The molecule has 110 valence electrons. The third-order valence-electron chi connectivity index (χ3n) is 3.41. The first-order valence-electron chi connectivity index (χ1n) is 6.92. The zero-order valence-corrected chi connectivity index (χ0v) is 11.7. The molecule has 1 rings (SSSR count). The summed E-state index contributed by atoms with van der Waals surface area (Å²) in [5.74, 6) is -1.05. The average molecular weight is 272 g/mol. The van der Waals surface area contributed by atoms with Crippen LogP contribution in [0.25, 0.3) is 0 Å². The van der Waals surface area contributed by atoms with E-state index < -0.39 is 18.1 Å². The van der Waals surface area contributed by atoms with E-state index in [1.165, 1.54) is 0 Å². The fourth-order valence-electron chi connectivity index (χ4n) is 2.18. The smallest absolute Gasteiger partial charge is 0.323 e. The van der Waals surface area contributed by atoms with Gasteiger partial charge in [-0.1, -0.05) is 19.8 Å². The molecule has 1 amide bonds. The number of nitrogens with zero attached hydrogens (tertiary/aromatic N) is 1. The van der Waals surface area contributed by atoms with Crippen LogP contribution in [0.4, 0.5) is 0 Å². The van der Waals surface area contributed by atoms with Crippen molar-refractivity contribution in [2.45, 2.75) is 45.2 Å². The molecule has 0 aromatic heterocycles. The molecular formula is C13H24N2O4. The molecule has 2 N–H and O–H groups in total. The molecular weight excluding hydrogens is 248 g/mol. The van der Waals surface area contributed by atoms with Gasteiger partial charge in [-0.25, -0.2) is 0 Å². The summed E-state index contributed by atoms with van der Waals surface area (Å²) >= 11 is 0. The number of ether oxygens (including phenoxy) is 1. The minimum Gasteiger partial charge on any atom is -0.480 e. The molecule has 0 radical (unpaired) electrons. The summed E-state index contributed by atoms with van der Waals surface area (Å²) in [5.41, 5.74) is 0. The van der Waals surface area contributed by atoms with Crippen LogP contribution in [0.1, 0.15) is 33.1 Å². The number of morpholine rings is 1. The lowest BCUT2D eigenvalue weighted by molar-refractivity contribution is -0.153. The molecule has 6 nitrogen and oxygen atoms in total. The fraction of sp³-hybridized carbons (Fsp3) is 0.846. The largest absolute Gasteiger partial charge is 0.480 e. The lowest BCUT2D eigenvalue weighted by atomic mass is 10.1. The van der Waals surface area contributed by atoms with Gasteiger partial charge in [-0.05, 0) is 13.3 Å². The number of rotatable bonds is 7. The fourth-order valence-corrected chi connectivity index (χ4v) is 2.18. The van der Waals surface area contributed by atoms with Crippen molar-refractivity contribution in [2.24, 2.45) is 0 Å². The van der Waals surface area contributed by atoms with Crippen LogP contribution in [0.15, 0.2) is 0 Å². The van der Waals surface area contributed by atoms with Gasteiger partial charge in [0, 0.05) is 13.1 Å². The summed E-state index contributed by atoms with van der Waals surface area (Å²) in [6.45, 7) is 5.59. The van der Waals surface area contributed by atoms with Crippen LogP contribution < -0.4 is 5.32 Å². The molecule has 1 fully saturated rings. The van der Waals surface area contributed by atoms with Crippen LogP contribution >= 0.6 is 0 Å². The first-order valence-corrected chi connectivity index (χ1v) is 6.92. The Morgan fingerprint density at radius 3 is 2.84 bits per heavy atom. The van der Waals surface area contributed by atoms with Crippen LogP contribution in [-0.2, 0) is 14.3 Å². The number of carboxylic acids is 1. The zero-order valence-electron chi connectivity index (χ0n) is 11.7. The SMILES string of the molecule is CCCCCNC(=O)C(C)N1CCOCC1C(=O)O. The van der Waals surface area contributed by atoms with Gasteiger partial charge in [0.25, 0.3) is 0 Å². The molecule has 1 heterocycles. The highest BCUT2D eigenvalue weighted by atomic mass is 16.5. The molecule has 0 aliphatic carbocycles. The van der Waals surface area contributed by atoms with Gasteiger partial charge < -0.3 is 15.2 Å². The van der Waals surface area contributed by atoms with Crippen molar-refractivity contribution in [2.75, 3.05) is 26.3 Å². The summed E-state index contributed by atoms with van der Waals surface area (Å²) in [7, 11) is 0. The molecule has 1 saturated heterocycles. The third-order valence-corrected chi connectivity index (χ3v) is 3.41. The van der Waals surface area contributed by atoms with Crippen LogP contribution in [0.2, 0.25) is 0 Å². The predicted octanol–water partition coefficient (Wildman–Crippen LogP) is 0.467. The second-order valence-corrected chi connectivity index (χ2v) is 4.84. The maximum atomic E-state index is 12.0. The maximum absolute atomic E-state index is 12.0. The van der Waals surface area contributed by atoms with E-state index in [0.717, 1.165) is 19.3 Å². The Balaban J connectivity index is 2.46. The molecule has 0 aromatic carbocycles. The maximum Gasteiger partial charge on any atom is 0.323 e. The van der Waals surface area contributed by atoms with Gasteiger partial charge in [-0.2, -0.15) is 0 Å². The monoisotopic (exact) mass is 272 g/mol. The van der Waals surface area contributed by atoms with Gasteiger partial charge in [0.05, 0.1) is 19.3 Å². The van der Waals surface area contributed by atoms with Crippen molar-refractivity contribution >= 4 is 11.9 Å². The number of hydrogen-bond acceptors (Lipinski definition) is 4. The number of nitrogens with one attached hydrogen (secondary N) is 1. The summed E-state index contributed by atoms with van der Waals surface area (Å²) in [6, 6.07) is -1.17. The van der Waals surface area contributed by atoms with Gasteiger partial charge in [0.1, 0.15) is 6.04 Å². The van der Waals surface area contributed by atoms with E-state index in [1.807, 2.05) is 0 Å². The minimum atomic E-state index is -0.940. The van der Waals surface area contributed by atoms with Crippen molar-refractivity contribution in [3.63, 3.8) is 0 Å². The summed E-state index contributed by atoms with van der Waals surface area (Å²) in [4.78, 5) is 24.8. The predicted molar refractivity (Wildman–Crippen MR) is 70.9 cm³/mol. The molecule has 6 heteroatoms. The second-order valence-electron chi connectivity index (χ2n) is 4.84. The normalized spacial score (nSPS) is 21.9. The first-order chi connectivity index (χ1) is 9.07. The van der Waals surface area contributed by atoms with Crippen molar-refractivity contribution in [3.8, 4) is 0 Å². The Kier molecular flexibility index (Phi) is 6.80. The molecule has 2 atom stereocenters. The molecule has 0 bridgehead atoms. The highest BCUT2D eigenvalue weighted by Crippen LogP contribution is 2.11. The Bertz CT molecular complexity index is 309. The molecule has 19 heavy (non-hydrogen) atoms. The van der Waals surface area contributed by atoms with Crippen molar-refractivity contribution < 1.29 is 19.4 Å². The lowest BCUT2D eigenvalue weighted by Gasteiger charge is -2.36. The topological polar surface area (TPSA) is 78.9 Å². The Morgan fingerprint density at radius 1 is 1.47 bits per heavy atom. The van der Waals surface area contributed by atoms with E-state index >= 15 is 0 Å². The van der Waals surface area contributed by atoms with Crippen LogP contribution in [0.5, 0.6) is 0 Å². The number of carbonyl (C=O) groups is 2.